The van der Waals surface area contributed by atoms with Gasteiger partial charge in [-0.2, -0.15) is 0 Å². The third-order valence-electron chi connectivity index (χ3n) is 4.16. The molecule has 0 unspecified atom stereocenters. The Labute approximate surface area is 139 Å². The molecule has 1 aliphatic rings. The maximum atomic E-state index is 5.78. The molecule has 0 bridgehead atoms. The number of benzene rings is 1. The zero-order valence-electron chi connectivity index (χ0n) is 14.9. The summed E-state index contributed by atoms with van der Waals surface area (Å²) in [5, 5.41) is 0. The topological polar surface area (TPSA) is 40.2 Å². The summed E-state index contributed by atoms with van der Waals surface area (Å²) in [5.74, 6) is 1.57. The monoisotopic (exact) mass is 323 g/mol. The average Bonchev–Trinajstić information content (AvgIpc) is 2.91. The van der Waals surface area contributed by atoms with Gasteiger partial charge < -0.3 is 18.9 Å². The highest BCUT2D eigenvalue weighted by Crippen LogP contribution is 2.30. The van der Waals surface area contributed by atoms with Crippen molar-refractivity contribution < 1.29 is 18.9 Å². The SMILES string of the molecule is COC[C@@H]1C[C@H](OC)CN1Cc1ccc(OC(C)C)c(OC)c1. The minimum Gasteiger partial charge on any atom is -0.493 e. The standard InChI is InChI=1S/C18H29NO4/c1-13(2)23-17-7-6-14(8-18(17)22-5)10-19-11-16(21-4)9-15(19)12-20-3/h6-8,13,15-16H,9-12H2,1-5H3/t15-,16-/m0/s1. The zero-order valence-corrected chi connectivity index (χ0v) is 14.9. The fourth-order valence-electron chi connectivity index (χ4n) is 3.06. The summed E-state index contributed by atoms with van der Waals surface area (Å²) >= 11 is 0. The number of ether oxygens (including phenoxy) is 4. The van der Waals surface area contributed by atoms with Crippen molar-refractivity contribution in [3.8, 4) is 11.5 Å². The lowest BCUT2D eigenvalue weighted by Gasteiger charge is -2.24. The van der Waals surface area contributed by atoms with Crippen LogP contribution in [-0.4, -0.2) is 57.6 Å². The van der Waals surface area contributed by atoms with Crippen LogP contribution in [0.3, 0.4) is 0 Å². The summed E-state index contributed by atoms with van der Waals surface area (Å²) < 4.78 is 22.1. The van der Waals surface area contributed by atoms with Gasteiger partial charge in [0.1, 0.15) is 0 Å². The van der Waals surface area contributed by atoms with Crippen LogP contribution < -0.4 is 9.47 Å². The molecule has 5 heteroatoms. The predicted molar refractivity (Wildman–Crippen MR) is 90.2 cm³/mol. The van der Waals surface area contributed by atoms with E-state index in [0.717, 1.165) is 37.6 Å². The Bertz CT molecular complexity index is 492. The van der Waals surface area contributed by atoms with Gasteiger partial charge in [0.15, 0.2) is 11.5 Å². The van der Waals surface area contributed by atoms with Gasteiger partial charge in [0.05, 0.1) is 25.9 Å². The van der Waals surface area contributed by atoms with Crippen molar-refractivity contribution in [1.82, 2.24) is 4.90 Å². The van der Waals surface area contributed by atoms with E-state index in [9.17, 15) is 0 Å². The van der Waals surface area contributed by atoms with Crippen molar-refractivity contribution in [2.45, 2.75) is 45.1 Å². The maximum absolute atomic E-state index is 5.78. The molecule has 0 aromatic heterocycles. The summed E-state index contributed by atoms with van der Waals surface area (Å²) in [4.78, 5) is 2.41. The lowest BCUT2D eigenvalue weighted by molar-refractivity contribution is 0.106. The fraction of sp³-hybridized carbons (Fsp3) is 0.667. The molecule has 0 N–H and O–H groups in total. The quantitative estimate of drug-likeness (QED) is 0.736. The molecule has 0 spiro atoms. The zero-order chi connectivity index (χ0) is 16.8. The summed E-state index contributed by atoms with van der Waals surface area (Å²) in [5.41, 5.74) is 1.20. The van der Waals surface area contributed by atoms with E-state index in [1.165, 1.54) is 5.56 Å². The number of likely N-dealkylation sites (tertiary alicyclic amines) is 1. The Balaban J connectivity index is 2.09. The van der Waals surface area contributed by atoms with E-state index in [4.69, 9.17) is 18.9 Å². The van der Waals surface area contributed by atoms with E-state index in [1.807, 2.05) is 19.9 Å². The van der Waals surface area contributed by atoms with Crippen LogP contribution in [0.15, 0.2) is 18.2 Å². The molecule has 0 radical (unpaired) electrons. The van der Waals surface area contributed by atoms with E-state index in [1.54, 1.807) is 21.3 Å². The van der Waals surface area contributed by atoms with Gasteiger partial charge in [-0.15, -0.1) is 0 Å². The third kappa shape index (κ3) is 4.83. The van der Waals surface area contributed by atoms with Crippen LogP contribution in [0.25, 0.3) is 0 Å². The summed E-state index contributed by atoms with van der Waals surface area (Å²) in [7, 11) is 5.20. The van der Waals surface area contributed by atoms with E-state index in [0.29, 0.717) is 6.04 Å². The van der Waals surface area contributed by atoms with Gasteiger partial charge in [-0.1, -0.05) is 6.07 Å². The second-order valence-electron chi connectivity index (χ2n) is 6.28. The molecule has 2 atom stereocenters. The molecule has 130 valence electrons. The lowest BCUT2D eigenvalue weighted by atomic mass is 10.1. The van der Waals surface area contributed by atoms with Crippen LogP contribution in [0, 0.1) is 0 Å². The summed E-state index contributed by atoms with van der Waals surface area (Å²) in [6, 6.07) is 6.54. The van der Waals surface area contributed by atoms with Crippen LogP contribution in [-0.2, 0) is 16.0 Å². The predicted octanol–water partition coefficient (Wildman–Crippen LogP) is 2.72. The molecule has 23 heavy (non-hydrogen) atoms. The Morgan fingerprint density at radius 3 is 2.57 bits per heavy atom. The first kappa shape index (κ1) is 18.0. The van der Waals surface area contributed by atoms with Gasteiger partial charge in [0, 0.05) is 33.4 Å². The first-order chi connectivity index (χ1) is 11.1. The van der Waals surface area contributed by atoms with Crippen LogP contribution in [0.4, 0.5) is 0 Å². The van der Waals surface area contributed by atoms with Gasteiger partial charge in [0.2, 0.25) is 0 Å². The van der Waals surface area contributed by atoms with Gasteiger partial charge in [0.25, 0.3) is 0 Å². The molecule has 0 amide bonds. The van der Waals surface area contributed by atoms with E-state index >= 15 is 0 Å². The Morgan fingerprint density at radius 1 is 1.17 bits per heavy atom. The number of methoxy groups -OCH3 is 3. The molecule has 1 aromatic rings. The molecule has 1 aromatic carbocycles. The van der Waals surface area contributed by atoms with E-state index < -0.39 is 0 Å². The molecule has 2 rings (SSSR count). The molecule has 5 nitrogen and oxygen atoms in total. The molecule has 1 saturated heterocycles. The number of hydrogen-bond donors (Lipinski definition) is 0. The molecule has 1 fully saturated rings. The highest BCUT2D eigenvalue weighted by atomic mass is 16.5. The smallest absolute Gasteiger partial charge is 0.161 e. The van der Waals surface area contributed by atoms with Crippen LogP contribution in [0.2, 0.25) is 0 Å². The van der Waals surface area contributed by atoms with E-state index in [2.05, 4.69) is 17.0 Å². The molecule has 1 aliphatic heterocycles. The fourth-order valence-corrected chi connectivity index (χ4v) is 3.06. The third-order valence-corrected chi connectivity index (χ3v) is 4.16. The molecule has 0 saturated carbocycles. The van der Waals surface area contributed by atoms with Crippen molar-refractivity contribution in [2.75, 3.05) is 34.5 Å². The number of hydrogen-bond acceptors (Lipinski definition) is 5. The average molecular weight is 323 g/mol. The second-order valence-corrected chi connectivity index (χ2v) is 6.28. The largest absolute Gasteiger partial charge is 0.493 e. The van der Waals surface area contributed by atoms with Crippen molar-refractivity contribution in [3.05, 3.63) is 23.8 Å². The van der Waals surface area contributed by atoms with Gasteiger partial charge in [-0.3, -0.25) is 4.90 Å². The Morgan fingerprint density at radius 2 is 1.96 bits per heavy atom. The number of nitrogens with zero attached hydrogens (tertiary/aromatic N) is 1. The van der Waals surface area contributed by atoms with Crippen molar-refractivity contribution >= 4 is 0 Å². The summed E-state index contributed by atoms with van der Waals surface area (Å²) in [6.07, 6.45) is 1.42. The van der Waals surface area contributed by atoms with Crippen molar-refractivity contribution in [3.63, 3.8) is 0 Å². The highest BCUT2D eigenvalue weighted by molar-refractivity contribution is 5.43. The number of rotatable bonds is 8. The van der Waals surface area contributed by atoms with Crippen LogP contribution in [0.5, 0.6) is 11.5 Å². The molecular weight excluding hydrogens is 294 g/mol. The first-order valence-corrected chi connectivity index (χ1v) is 8.16. The second kappa shape index (κ2) is 8.52. The molecular formula is C18H29NO4. The Kier molecular flexibility index (Phi) is 6.69. The van der Waals surface area contributed by atoms with Gasteiger partial charge >= 0.3 is 0 Å². The highest BCUT2D eigenvalue weighted by Gasteiger charge is 2.32. The Hall–Kier alpha value is -1.30. The molecule has 1 heterocycles. The minimum absolute atomic E-state index is 0.127. The molecule has 0 aliphatic carbocycles. The summed E-state index contributed by atoms with van der Waals surface area (Å²) in [6.45, 7) is 6.53. The van der Waals surface area contributed by atoms with Crippen molar-refractivity contribution in [1.29, 1.82) is 0 Å². The lowest BCUT2D eigenvalue weighted by Crippen LogP contribution is -2.32. The first-order valence-electron chi connectivity index (χ1n) is 8.16. The van der Waals surface area contributed by atoms with E-state index in [-0.39, 0.29) is 12.2 Å². The minimum atomic E-state index is 0.127. The van der Waals surface area contributed by atoms with Gasteiger partial charge in [-0.25, -0.2) is 0 Å². The van der Waals surface area contributed by atoms with Crippen LogP contribution >= 0.6 is 0 Å². The van der Waals surface area contributed by atoms with Crippen LogP contribution in [0.1, 0.15) is 25.8 Å². The normalized spacial score (nSPS) is 21.8. The maximum Gasteiger partial charge on any atom is 0.161 e. The van der Waals surface area contributed by atoms with Gasteiger partial charge in [-0.05, 0) is 38.0 Å². The van der Waals surface area contributed by atoms with Crippen molar-refractivity contribution in [2.24, 2.45) is 0 Å².